The molecule has 0 spiro atoms. The third-order valence-electron chi connectivity index (χ3n) is 2.65. The maximum Gasteiger partial charge on any atom is 0.0798 e. The fraction of sp³-hybridized carbons (Fsp3) is 0.600. The molecule has 0 fully saturated rings. The van der Waals surface area contributed by atoms with Crippen molar-refractivity contribution in [3.05, 3.63) is 36.0 Å². The van der Waals surface area contributed by atoms with Crippen molar-refractivity contribution in [2.45, 2.75) is 59.0 Å². The highest BCUT2D eigenvalue weighted by atomic mass is 16.3. The minimum Gasteiger partial charge on any atom is -0.386 e. The number of hydrogen-bond donors (Lipinski definition) is 1. The van der Waals surface area contributed by atoms with Gasteiger partial charge in [-0.2, -0.15) is 0 Å². The molecular formula is C15H26O. The number of rotatable bonds is 7. The first-order chi connectivity index (χ1) is 7.48. The summed E-state index contributed by atoms with van der Waals surface area (Å²) in [6.07, 6.45) is 15.2. The molecule has 0 unspecified atom stereocenters. The van der Waals surface area contributed by atoms with Crippen molar-refractivity contribution in [3.8, 4) is 0 Å². The zero-order valence-corrected chi connectivity index (χ0v) is 11.2. The predicted octanol–water partition coefficient (Wildman–Crippen LogP) is 4.40. The van der Waals surface area contributed by atoms with E-state index in [1.54, 1.807) is 0 Å². The van der Waals surface area contributed by atoms with Crippen LogP contribution < -0.4 is 0 Å². The van der Waals surface area contributed by atoms with E-state index in [-0.39, 0.29) is 0 Å². The van der Waals surface area contributed by atoms with Crippen molar-refractivity contribution >= 4 is 0 Å². The van der Waals surface area contributed by atoms with Crippen LogP contribution >= 0.6 is 0 Å². The second-order valence-corrected chi connectivity index (χ2v) is 4.64. The van der Waals surface area contributed by atoms with Gasteiger partial charge in [-0.05, 0) is 59.0 Å². The summed E-state index contributed by atoms with van der Waals surface area (Å²) in [4.78, 5) is 0. The Morgan fingerprint density at radius 2 is 1.50 bits per heavy atom. The van der Waals surface area contributed by atoms with E-state index in [0.29, 0.717) is 0 Å². The smallest absolute Gasteiger partial charge is 0.0798 e. The van der Waals surface area contributed by atoms with Gasteiger partial charge in [0.25, 0.3) is 0 Å². The van der Waals surface area contributed by atoms with Gasteiger partial charge in [-0.25, -0.2) is 0 Å². The molecule has 0 saturated carbocycles. The lowest BCUT2D eigenvalue weighted by atomic mass is 9.98. The minimum atomic E-state index is -0.671. The average Bonchev–Trinajstić information content (AvgIpc) is 2.20. The molecule has 1 heteroatoms. The highest BCUT2D eigenvalue weighted by Crippen LogP contribution is 2.15. The Morgan fingerprint density at radius 3 is 2.00 bits per heavy atom. The Kier molecular flexibility index (Phi) is 7.92. The molecule has 1 N–H and O–H groups in total. The Bertz CT molecular complexity index is 251. The van der Waals surface area contributed by atoms with Crippen molar-refractivity contribution in [1.29, 1.82) is 0 Å². The summed E-state index contributed by atoms with van der Waals surface area (Å²) < 4.78 is 0. The van der Waals surface area contributed by atoms with Crippen LogP contribution in [0.3, 0.4) is 0 Å². The van der Waals surface area contributed by atoms with E-state index in [4.69, 9.17) is 0 Å². The van der Waals surface area contributed by atoms with Crippen molar-refractivity contribution in [3.63, 3.8) is 0 Å². The van der Waals surface area contributed by atoms with Gasteiger partial charge in [0.2, 0.25) is 0 Å². The van der Waals surface area contributed by atoms with E-state index in [1.165, 1.54) is 0 Å². The zero-order valence-electron chi connectivity index (χ0n) is 11.2. The Balaban J connectivity index is 3.67. The first-order valence-electron chi connectivity index (χ1n) is 6.14. The minimum absolute atomic E-state index is 0.671. The topological polar surface area (TPSA) is 20.2 Å². The van der Waals surface area contributed by atoms with Gasteiger partial charge < -0.3 is 5.11 Å². The standard InChI is InChI=1S/C15H26O/c1-5-6-7-8-9-10-11-12-13-14(2)15(3,4)16/h5-6,9-10,13,16H,7-8,11-12H2,1-4H3. The van der Waals surface area contributed by atoms with Crippen LogP contribution in [-0.2, 0) is 0 Å². The largest absolute Gasteiger partial charge is 0.386 e. The molecule has 0 aliphatic rings. The fourth-order valence-electron chi connectivity index (χ4n) is 1.24. The second-order valence-electron chi connectivity index (χ2n) is 4.64. The van der Waals surface area contributed by atoms with E-state index in [9.17, 15) is 5.11 Å². The van der Waals surface area contributed by atoms with Crippen LogP contribution in [0.15, 0.2) is 36.0 Å². The highest BCUT2D eigenvalue weighted by Gasteiger charge is 2.13. The van der Waals surface area contributed by atoms with Crippen LogP contribution in [0, 0.1) is 0 Å². The van der Waals surface area contributed by atoms with E-state index in [1.807, 2.05) is 27.7 Å². The van der Waals surface area contributed by atoms with Crippen LogP contribution in [0.4, 0.5) is 0 Å². The quantitative estimate of drug-likeness (QED) is 0.500. The summed E-state index contributed by atoms with van der Waals surface area (Å²) in [6.45, 7) is 7.68. The third-order valence-corrected chi connectivity index (χ3v) is 2.65. The SMILES string of the molecule is CC=CCCC=CCCC=C(C)C(C)(C)O. The molecule has 0 aromatic heterocycles. The molecule has 0 rings (SSSR count). The summed E-state index contributed by atoms with van der Waals surface area (Å²) in [5.41, 5.74) is 0.380. The lowest BCUT2D eigenvalue weighted by Gasteiger charge is -2.17. The summed E-state index contributed by atoms with van der Waals surface area (Å²) in [6, 6.07) is 0. The molecule has 0 aromatic rings. The van der Waals surface area contributed by atoms with Crippen LogP contribution in [0.2, 0.25) is 0 Å². The van der Waals surface area contributed by atoms with Gasteiger partial charge in [-0.15, -0.1) is 0 Å². The molecule has 0 saturated heterocycles. The van der Waals surface area contributed by atoms with Gasteiger partial charge in [0.15, 0.2) is 0 Å². The molecule has 0 aliphatic heterocycles. The summed E-state index contributed by atoms with van der Waals surface area (Å²) in [5, 5.41) is 9.69. The molecule has 0 amide bonds. The van der Waals surface area contributed by atoms with Gasteiger partial charge in [0.1, 0.15) is 0 Å². The Hall–Kier alpha value is -0.820. The molecule has 0 bridgehead atoms. The molecule has 16 heavy (non-hydrogen) atoms. The Morgan fingerprint density at radius 1 is 1.00 bits per heavy atom. The summed E-state index contributed by atoms with van der Waals surface area (Å²) in [7, 11) is 0. The first-order valence-corrected chi connectivity index (χ1v) is 6.14. The highest BCUT2D eigenvalue weighted by molar-refractivity contribution is 5.10. The number of unbranched alkanes of at least 4 members (excludes halogenated alkanes) is 2. The van der Waals surface area contributed by atoms with E-state index in [0.717, 1.165) is 31.3 Å². The second kappa shape index (κ2) is 8.35. The molecule has 0 atom stereocenters. The van der Waals surface area contributed by atoms with Crippen LogP contribution in [0.1, 0.15) is 53.4 Å². The monoisotopic (exact) mass is 222 g/mol. The van der Waals surface area contributed by atoms with Crippen LogP contribution in [-0.4, -0.2) is 10.7 Å². The van der Waals surface area contributed by atoms with E-state index >= 15 is 0 Å². The maximum absolute atomic E-state index is 9.69. The summed E-state index contributed by atoms with van der Waals surface area (Å²) >= 11 is 0. The lowest BCUT2D eigenvalue weighted by molar-refractivity contribution is 0.119. The van der Waals surface area contributed by atoms with E-state index in [2.05, 4.69) is 30.4 Å². The van der Waals surface area contributed by atoms with Gasteiger partial charge in [0, 0.05) is 0 Å². The lowest BCUT2D eigenvalue weighted by Crippen LogP contribution is -2.19. The average molecular weight is 222 g/mol. The van der Waals surface area contributed by atoms with Crippen molar-refractivity contribution in [2.75, 3.05) is 0 Å². The van der Waals surface area contributed by atoms with Gasteiger partial charge in [-0.3, -0.25) is 0 Å². The summed E-state index contributed by atoms with van der Waals surface area (Å²) in [5.74, 6) is 0. The predicted molar refractivity (Wildman–Crippen MR) is 72.5 cm³/mol. The third kappa shape index (κ3) is 8.49. The van der Waals surface area contributed by atoms with Gasteiger partial charge in [0.05, 0.1) is 5.60 Å². The normalized spacial score (nSPS) is 14.2. The molecule has 0 radical (unpaired) electrons. The van der Waals surface area contributed by atoms with Crippen LogP contribution in [0.25, 0.3) is 0 Å². The molecule has 0 aliphatic carbocycles. The first kappa shape index (κ1) is 15.2. The number of hydrogen-bond acceptors (Lipinski definition) is 1. The molecular weight excluding hydrogens is 196 g/mol. The Labute approximate surface area is 101 Å². The van der Waals surface area contributed by atoms with Crippen LogP contribution in [0.5, 0.6) is 0 Å². The van der Waals surface area contributed by atoms with Crippen molar-refractivity contribution in [1.82, 2.24) is 0 Å². The van der Waals surface area contributed by atoms with E-state index < -0.39 is 5.60 Å². The van der Waals surface area contributed by atoms with Crippen molar-refractivity contribution in [2.24, 2.45) is 0 Å². The van der Waals surface area contributed by atoms with Gasteiger partial charge in [-0.1, -0.05) is 30.4 Å². The fourth-order valence-corrected chi connectivity index (χ4v) is 1.24. The molecule has 92 valence electrons. The number of allylic oxidation sites excluding steroid dienone is 5. The maximum atomic E-state index is 9.69. The van der Waals surface area contributed by atoms with Gasteiger partial charge >= 0.3 is 0 Å². The zero-order chi connectivity index (χ0) is 12.4. The molecule has 0 heterocycles. The molecule has 0 aromatic carbocycles. The van der Waals surface area contributed by atoms with Crippen molar-refractivity contribution < 1.29 is 5.11 Å². The molecule has 1 nitrogen and oxygen atoms in total. The number of aliphatic hydroxyl groups is 1.